The first kappa shape index (κ1) is 16.6. The summed E-state index contributed by atoms with van der Waals surface area (Å²) < 4.78 is 12.9. The lowest BCUT2D eigenvalue weighted by molar-refractivity contribution is -0.125. The first-order valence-electron chi connectivity index (χ1n) is 6.96. The molecule has 1 amide bonds. The van der Waals surface area contributed by atoms with Gasteiger partial charge in [-0.25, -0.2) is 4.39 Å². The highest BCUT2D eigenvalue weighted by Gasteiger charge is 2.29. The lowest BCUT2D eigenvalue weighted by Crippen LogP contribution is -2.42. The van der Waals surface area contributed by atoms with Gasteiger partial charge in [0.1, 0.15) is 5.82 Å². The molecule has 0 bridgehead atoms. The molecule has 0 saturated heterocycles. The van der Waals surface area contributed by atoms with E-state index in [9.17, 15) is 14.3 Å². The minimum absolute atomic E-state index is 0.0958. The van der Waals surface area contributed by atoms with E-state index in [4.69, 9.17) is 0 Å². The van der Waals surface area contributed by atoms with Crippen LogP contribution < -0.4 is 5.32 Å². The Morgan fingerprint density at radius 2 is 1.85 bits per heavy atom. The van der Waals surface area contributed by atoms with Crippen molar-refractivity contribution in [3.05, 3.63) is 35.6 Å². The number of nitrogens with one attached hydrogen (secondary N) is 1. The van der Waals surface area contributed by atoms with Gasteiger partial charge in [0, 0.05) is 6.54 Å². The van der Waals surface area contributed by atoms with E-state index < -0.39 is 5.41 Å². The Morgan fingerprint density at radius 1 is 1.30 bits per heavy atom. The fourth-order valence-electron chi connectivity index (χ4n) is 2.15. The molecule has 0 radical (unpaired) electrons. The summed E-state index contributed by atoms with van der Waals surface area (Å²) in [6.07, 6.45) is 0.282. The van der Waals surface area contributed by atoms with Gasteiger partial charge in [-0.3, -0.25) is 4.79 Å². The van der Waals surface area contributed by atoms with Gasteiger partial charge in [-0.1, -0.05) is 19.1 Å². The zero-order chi connectivity index (χ0) is 15.3. The Balaban J connectivity index is 2.63. The normalized spacial score (nSPS) is 14.7. The average molecular weight is 281 g/mol. The second-order valence-electron chi connectivity index (χ2n) is 6.03. The minimum Gasteiger partial charge on any atom is -0.393 e. The van der Waals surface area contributed by atoms with Crippen LogP contribution in [-0.4, -0.2) is 23.7 Å². The van der Waals surface area contributed by atoms with Crippen LogP contribution in [0.1, 0.15) is 39.7 Å². The Hall–Kier alpha value is -1.42. The molecule has 112 valence electrons. The molecule has 0 spiro atoms. The van der Waals surface area contributed by atoms with Gasteiger partial charge in [0.15, 0.2) is 0 Å². The van der Waals surface area contributed by atoms with Crippen molar-refractivity contribution in [1.82, 2.24) is 5.32 Å². The zero-order valence-corrected chi connectivity index (χ0v) is 12.6. The highest BCUT2D eigenvalue weighted by molar-refractivity contribution is 5.87. The van der Waals surface area contributed by atoms with Crippen LogP contribution in [0.3, 0.4) is 0 Å². The molecular formula is C16H24FNO2. The van der Waals surface area contributed by atoms with Gasteiger partial charge >= 0.3 is 0 Å². The maximum atomic E-state index is 12.9. The predicted octanol–water partition coefficient (Wildman–Crippen LogP) is 2.63. The van der Waals surface area contributed by atoms with E-state index in [2.05, 4.69) is 5.32 Å². The molecule has 0 aliphatic rings. The monoisotopic (exact) mass is 281 g/mol. The fraction of sp³-hybridized carbons (Fsp3) is 0.562. The summed E-state index contributed by atoms with van der Waals surface area (Å²) in [5.41, 5.74) is 0.0673. The Morgan fingerprint density at radius 3 is 2.35 bits per heavy atom. The SMILES string of the molecule is CC(O)CC(C)CNC(=O)C(C)(C)c1ccc(F)cc1. The van der Waals surface area contributed by atoms with Crippen molar-refractivity contribution in [1.29, 1.82) is 0 Å². The smallest absolute Gasteiger partial charge is 0.230 e. The standard InChI is InChI=1S/C16H24FNO2/c1-11(9-12(2)19)10-18-15(20)16(3,4)13-5-7-14(17)8-6-13/h5-8,11-12,19H,9-10H2,1-4H3,(H,18,20). The van der Waals surface area contributed by atoms with Crippen LogP contribution in [-0.2, 0) is 10.2 Å². The lowest BCUT2D eigenvalue weighted by atomic mass is 9.83. The minimum atomic E-state index is -0.710. The molecule has 0 aliphatic carbocycles. The third kappa shape index (κ3) is 4.60. The van der Waals surface area contributed by atoms with Crippen molar-refractivity contribution in [3.63, 3.8) is 0 Å². The van der Waals surface area contributed by atoms with Crippen molar-refractivity contribution in [3.8, 4) is 0 Å². The molecule has 0 aliphatic heterocycles. The van der Waals surface area contributed by atoms with Crippen LogP contribution >= 0.6 is 0 Å². The number of benzene rings is 1. The molecule has 0 saturated carbocycles. The van der Waals surface area contributed by atoms with Crippen molar-refractivity contribution < 1.29 is 14.3 Å². The number of carbonyl (C=O) groups is 1. The van der Waals surface area contributed by atoms with E-state index in [0.717, 1.165) is 5.56 Å². The lowest BCUT2D eigenvalue weighted by Gasteiger charge is -2.25. The summed E-state index contributed by atoms with van der Waals surface area (Å²) in [5, 5.41) is 12.2. The summed E-state index contributed by atoms with van der Waals surface area (Å²) in [7, 11) is 0. The van der Waals surface area contributed by atoms with Crippen molar-refractivity contribution in [2.24, 2.45) is 5.92 Å². The number of hydrogen-bond donors (Lipinski definition) is 2. The number of hydrogen-bond acceptors (Lipinski definition) is 2. The molecule has 1 aromatic rings. The van der Waals surface area contributed by atoms with E-state index in [0.29, 0.717) is 13.0 Å². The molecule has 2 N–H and O–H groups in total. The van der Waals surface area contributed by atoms with Crippen LogP contribution in [0, 0.1) is 11.7 Å². The van der Waals surface area contributed by atoms with E-state index in [-0.39, 0.29) is 23.7 Å². The maximum absolute atomic E-state index is 12.9. The van der Waals surface area contributed by atoms with Gasteiger partial charge in [-0.05, 0) is 50.8 Å². The van der Waals surface area contributed by atoms with Gasteiger partial charge in [0.25, 0.3) is 0 Å². The quantitative estimate of drug-likeness (QED) is 0.842. The zero-order valence-electron chi connectivity index (χ0n) is 12.6. The van der Waals surface area contributed by atoms with Crippen LogP contribution in [0.2, 0.25) is 0 Å². The second-order valence-corrected chi connectivity index (χ2v) is 6.03. The Kier molecular flexibility index (Phi) is 5.69. The summed E-state index contributed by atoms with van der Waals surface area (Å²) in [6, 6.07) is 5.99. The van der Waals surface area contributed by atoms with E-state index in [1.807, 2.05) is 20.8 Å². The predicted molar refractivity (Wildman–Crippen MR) is 77.9 cm³/mol. The van der Waals surface area contributed by atoms with Crippen LogP contribution in [0.5, 0.6) is 0 Å². The van der Waals surface area contributed by atoms with Gasteiger partial charge in [0.2, 0.25) is 5.91 Å². The van der Waals surface area contributed by atoms with E-state index in [1.54, 1.807) is 19.1 Å². The summed E-state index contributed by atoms with van der Waals surface area (Å²) in [5.74, 6) is -0.194. The van der Waals surface area contributed by atoms with Crippen LogP contribution in [0.4, 0.5) is 4.39 Å². The second kappa shape index (κ2) is 6.84. The Labute approximate surface area is 120 Å². The van der Waals surface area contributed by atoms with E-state index in [1.165, 1.54) is 12.1 Å². The summed E-state index contributed by atoms with van der Waals surface area (Å²) in [4.78, 5) is 12.3. The van der Waals surface area contributed by atoms with Crippen molar-refractivity contribution in [2.45, 2.75) is 45.6 Å². The molecule has 2 unspecified atom stereocenters. The summed E-state index contributed by atoms with van der Waals surface area (Å²) in [6.45, 7) is 7.87. The van der Waals surface area contributed by atoms with Crippen LogP contribution in [0.15, 0.2) is 24.3 Å². The number of aliphatic hydroxyl groups is 1. The first-order valence-corrected chi connectivity index (χ1v) is 6.96. The largest absolute Gasteiger partial charge is 0.393 e. The molecule has 4 heteroatoms. The molecular weight excluding hydrogens is 257 g/mol. The average Bonchev–Trinajstić information content (AvgIpc) is 2.35. The molecule has 0 fully saturated rings. The summed E-state index contributed by atoms with van der Waals surface area (Å²) >= 11 is 0. The third-order valence-corrected chi connectivity index (χ3v) is 3.49. The molecule has 20 heavy (non-hydrogen) atoms. The molecule has 1 rings (SSSR count). The number of aliphatic hydroxyl groups excluding tert-OH is 1. The fourth-order valence-corrected chi connectivity index (χ4v) is 2.15. The highest BCUT2D eigenvalue weighted by atomic mass is 19.1. The number of carbonyl (C=O) groups excluding carboxylic acids is 1. The number of rotatable bonds is 6. The topological polar surface area (TPSA) is 49.3 Å². The third-order valence-electron chi connectivity index (χ3n) is 3.49. The molecule has 3 nitrogen and oxygen atoms in total. The molecule has 2 atom stereocenters. The van der Waals surface area contributed by atoms with Gasteiger partial charge in [-0.2, -0.15) is 0 Å². The Bertz CT molecular complexity index is 440. The number of halogens is 1. The van der Waals surface area contributed by atoms with Crippen molar-refractivity contribution >= 4 is 5.91 Å². The van der Waals surface area contributed by atoms with Gasteiger partial charge < -0.3 is 10.4 Å². The molecule has 0 heterocycles. The van der Waals surface area contributed by atoms with Gasteiger partial charge in [0.05, 0.1) is 11.5 Å². The maximum Gasteiger partial charge on any atom is 0.230 e. The van der Waals surface area contributed by atoms with E-state index >= 15 is 0 Å². The first-order chi connectivity index (χ1) is 9.23. The molecule has 0 aromatic heterocycles. The van der Waals surface area contributed by atoms with Gasteiger partial charge in [-0.15, -0.1) is 0 Å². The molecule has 1 aromatic carbocycles. The van der Waals surface area contributed by atoms with Crippen LogP contribution in [0.25, 0.3) is 0 Å². The number of amides is 1. The van der Waals surface area contributed by atoms with Crippen molar-refractivity contribution in [2.75, 3.05) is 6.54 Å². The highest BCUT2D eigenvalue weighted by Crippen LogP contribution is 2.23.